The van der Waals surface area contributed by atoms with Crippen LogP contribution in [0.15, 0.2) is 6.20 Å². The van der Waals surface area contributed by atoms with Gasteiger partial charge in [-0.15, -0.1) is 0 Å². The van der Waals surface area contributed by atoms with Crippen molar-refractivity contribution in [1.82, 2.24) is 4.98 Å². The van der Waals surface area contributed by atoms with Crippen LogP contribution in [0.2, 0.25) is 0 Å². The predicted octanol–water partition coefficient (Wildman–Crippen LogP) is 2.62. The zero-order valence-electron chi connectivity index (χ0n) is 7.39. The molecule has 0 aliphatic heterocycles. The molecule has 1 aromatic heterocycles. The highest BCUT2D eigenvalue weighted by Gasteiger charge is 2.40. The van der Waals surface area contributed by atoms with Gasteiger partial charge >= 0.3 is 6.18 Å². The molecule has 0 aliphatic rings. The predicted molar refractivity (Wildman–Crippen MR) is 40.6 cm³/mol. The van der Waals surface area contributed by atoms with E-state index in [2.05, 4.69) is 4.98 Å². The molecule has 0 aromatic carbocycles. The average Bonchev–Trinajstić information content (AvgIpc) is 2.15. The minimum atomic E-state index is -5.18. The molecule has 8 heteroatoms. The van der Waals surface area contributed by atoms with Crippen molar-refractivity contribution in [2.75, 3.05) is 0 Å². The number of rotatable bonds is 1. The van der Waals surface area contributed by atoms with Crippen LogP contribution in [0.4, 0.5) is 22.0 Å². The minimum absolute atomic E-state index is 0.313. The summed E-state index contributed by atoms with van der Waals surface area (Å²) in [5, 5.41) is 17.2. The fraction of sp³-hybridized carbons (Fsp3) is 0.250. The van der Waals surface area contributed by atoms with Gasteiger partial charge in [-0.05, 0) is 0 Å². The van der Waals surface area contributed by atoms with Crippen molar-refractivity contribution < 1.29 is 27.1 Å². The number of pyridine rings is 1. The number of hydrogen-bond acceptors (Lipinski definition) is 3. The van der Waals surface area contributed by atoms with Gasteiger partial charge in [0.05, 0.1) is 11.8 Å². The highest BCUT2D eigenvalue weighted by atomic mass is 19.4. The van der Waals surface area contributed by atoms with Gasteiger partial charge in [0, 0.05) is 0 Å². The van der Waals surface area contributed by atoms with E-state index in [4.69, 9.17) is 10.4 Å². The van der Waals surface area contributed by atoms with E-state index in [0.717, 1.165) is 6.07 Å². The van der Waals surface area contributed by atoms with E-state index < -0.39 is 35.2 Å². The zero-order chi connectivity index (χ0) is 12.5. The molecule has 0 spiro atoms. The number of hydrogen-bond donors (Lipinski definition) is 1. The molecule has 1 heterocycles. The van der Waals surface area contributed by atoms with Crippen LogP contribution < -0.4 is 0 Å². The number of halogens is 5. The largest absolute Gasteiger partial charge is 0.506 e. The molecule has 1 rings (SSSR count). The molecule has 3 nitrogen and oxygen atoms in total. The standard InChI is InChI=1S/C8H3F5N2O/c9-7(10)5-3(1-14)15-2-4(16)6(5)8(11,12)13/h2,7,16H. The fourth-order valence-corrected chi connectivity index (χ4v) is 1.12. The third-order valence-corrected chi connectivity index (χ3v) is 1.70. The maximum Gasteiger partial charge on any atom is 0.420 e. The van der Waals surface area contributed by atoms with Crippen LogP contribution >= 0.6 is 0 Å². The number of alkyl halides is 5. The van der Waals surface area contributed by atoms with Crippen molar-refractivity contribution in [2.24, 2.45) is 0 Å². The van der Waals surface area contributed by atoms with Crippen LogP contribution in [0.5, 0.6) is 5.75 Å². The number of nitrogens with zero attached hydrogens (tertiary/aromatic N) is 2. The van der Waals surface area contributed by atoms with Crippen molar-refractivity contribution in [2.45, 2.75) is 12.6 Å². The zero-order valence-corrected chi connectivity index (χ0v) is 7.39. The fourth-order valence-electron chi connectivity index (χ4n) is 1.12. The summed E-state index contributed by atoms with van der Waals surface area (Å²) in [7, 11) is 0. The topological polar surface area (TPSA) is 56.9 Å². The van der Waals surface area contributed by atoms with E-state index in [1.807, 2.05) is 0 Å². The lowest BCUT2D eigenvalue weighted by Crippen LogP contribution is -2.12. The molecule has 0 saturated heterocycles. The first-order valence-corrected chi connectivity index (χ1v) is 3.76. The molecule has 0 fully saturated rings. The quantitative estimate of drug-likeness (QED) is 0.765. The molecular formula is C8H3F5N2O. The van der Waals surface area contributed by atoms with Crippen molar-refractivity contribution in [3.05, 3.63) is 23.0 Å². The molecule has 86 valence electrons. The Hall–Kier alpha value is -1.91. The summed E-state index contributed by atoms with van der Waals surface area (Å²) in [6, 6.07) is 1.11. The molecule has 1 N–H and O–H groups in total. The second kappa shape index (κ2) is 3.92. The third-order valence-electron chi connectivity index (χ3n) is 1.70. The molecule has 0 saturated carbocycles. The SMILES string of the molecule is N#Cc1ncc(O)c(C(F)(F)F)c1C(F)F. The van der Waals surface area contributed by atoms with Crippen molar-refractivity contribution in [1.29, 1.82) is 5.26 Å². The number of aromatic hydroxyl groups is 1. The molecule has 0 amide bonds. The highest BCUT2D eigenvalue weighted by Crippen LogP contribution is 2.42. The Morgan fingerprint density at radius 2 is 1.94 bits per heavy atom. The molecule has 16 heavy (non-hydrogen) atoms. The number of aromatic nitrogens is 1. The van der Waals surface area contributed by atoms with Crippen molar-refractivity contribution in [3.8, 4) is 11.8 Å². The normalized spacial score (nSPS) is 11.6. The maximum absolute atomic E-state index is 12.4. The Labute approximate surface area is 85.8 Å². The Balaban J connectivity index is 3.63. The Morgan fingerprint density at radius 3 is 2.31 bits per heavy atom. The smallest absolute Gasteiger partial charge is 0.420 e. The highest BCUT2D eigenvalue weighted by molar-refractivity contribution is 5.46. The lowest BCUT2D eigenvalue weighted by molar-refractivity contribution is -0.140. The van der Waals surface area contributed by atoms with Gasteiger partial charge in [0.15, 0.2) is 0 Å². The molecule has 0 aliphatic carbocycles. The molecule has 0 radical (unpaired) electrons. The summed E-state index contributed by atoms with van der Waals surface area (Å²) in [6.45, 7) is 0. The van der Waals surface area contributed by atoms with Crippen LogP contribution in [-0.2, 0) is 6.18 Å². The van der Waals surface area contributed by atoms with Crippen LogP contribution in [-0.4, -0.2) is 10.1 Å². The molecular weight excluding hydrogens is 235 g/mol. The van der Waals surface area contributed by atoms with E-state index in [9.17, 15) is 22.0 Å². The first kappa shape index (κ1) is 12.2. The first-order valence-electron chi connectivity index (χ1n) is 3.76. The third kappa shape index (κ3) is 2.03. The van der Waals surface area contributed by atoms with Gasteiger partial charge in [-0.1, -0.05) is 0 Å². The summed E-state index contributed by atoms with van der Waals surface area (Å²) in [5.41, 5.74) is -4.58. The summed E-state index contributed by atoms with van der Waals surface area (Å²) < 4.78 is 61.8. The Bertz CT molecular complexity index is 449. The van der Waals surface area contributed by atoms with Crippen LogP contribution in [0.1, 0.15) is 23.2 Å². The number of nitriles is 1. The van der Waals surface area contributed by atoms with E-state index in [1.165, 1.54) is 0 Å². The van der Waals surface area contributed by atoms with E-state index in [-0.39, 0.29) is 0 Å². The lowest BCUT2D eigenvalue weighted by atomic mass is 10.1. The van der Waals surface area contributed by atoms with Crippen LogP contribution in [0, 0.1) is 11.3 Å². The van der Waals surface area contributed by atoms with Gasteiger partial charge < -0.3 is 5.11 Å². The Kier molecular flexibility index (Phi) is 2.98. The van der Waals surface area contributed by atoms with E-state index >= 15 is 0 Å². The van der Waals surface area contributed by atoms with Gasteiger partial charge in [-0.25, -0.2) is 13.8 Å². The molecule has 0 unspecified atom stereocenters. The van der Waals surface area contributed by atoms with E-state index in [1.54, 1.807) is 0 Å². The summed E-state index contributed by atoms with van der Waals surface area (Å²) in [5.74, 6) is -1.43. The molecule has 0 bridgehead atoms. The minimum Gasteiger partial charge on any atom is -0.506 e. The van der Waals surface area contributed by atoms with Gasteiger partial charge in [-0.3, -0.25) is 0 Å². The first-order chi connectivity index (χ1) is 7.29. The van der Waals surface area contributed by atoms with Gasteiger partial charge in [0.2, 0.25) is 0 Å². The van der Waals surface area contributed by atoms with Gasteiger partial charge in [0.25, 0.3) is 6.43 Å². The lowest BCUT2D eigenvalue weighted by Gasteiger charge is -2.14. The molecule has 1 aromatic rings. The van der Waals surface area contributed by atoms with Gasteiger partial charge in [-0.2, -0.15) is 18.4 Å². The van der Waals surface area contributed by atoms with E-state index in [0.29, 0.717) is 6.20 Å². The monoisotopic (exact) mass is 238 g/mol. The summed E-state index contributed by atoms with van der Waals surface area (Å²) >= 11 is 0. The summed E-state index contributed by atoms with van der Waals surface area (Å²) in [4.78, 5) is 3.00. The second-order valence-corrected chi connectivity index (χ2v) is 2.69. The Morgan fingerprint density at radius 1 is 1.38 bits per heavy atom. The second-order valence-electron chi connectivity index (χ2n) is 2.69. The van der Waals surface area contributed by atoms with Gasteiger partial charge in [0.1, 0.15) is 23.1 Å². The molecule has 0 atom stereocenters. The van der Waals surface area contributed by atoms with Crippen LogP contribution in [0.25, 0.3) is 0 Å². The van der Waals surface area contributed by atoms with Crippen LogP contribution in [0.3, 0.4) is 0 Å². The summed E-state index contributed by atoms with van der Waals surface area (Å²) in [6.07, 6.45) is -8.41. The average molecular weight is 238 g/mol. The van der Waals surface area contributed by atoms with Crippen molar-refractivity contribution in [3.63, 3.8) is 0 Å². The maximum atomic E-state index is 12.4. The van der Waals surface area contributed by atoms with Crippen molar-refractivity contribution >= 4 is 0 Å².